The summed E-state index contributed by atoms with van der Waals surface area (Å²) in [6.07, 6.45) is 1.83. The topological polar surface area (TPSA) is 27.7 Å². The van der Waals surface area contributed by atoms with Crippen LogP contribution in [0.3, 0.4) is 0 Å². The highest BCUT2D eigenvalue weighted by Crippen LogP contribution is 2.38. The molecule has 0 atom stereocenters. The molecule has 0 fully saturated rings. The minimum absolute atomic E-state index is 0.113. The smallest absolute Gasteiger partial charge is 0.130 e. The average molecular weight is 298 g/mol. The van der Waals surface area contributed by atoms with Crippen LogP contribution in [-0.2, 0) is 0 Å². The predicted octanol–water partition coefficient (Wildman–Crippen LogP) is 4.71. The molecule has 0 saturated carbocycles. The fourth-order valence-electron chi connectivity index (χ4n) is 2.18. The van der Waals surface area contributed by atoms with Crippen LogP contribution in [0.1, 0.15) is 13.8 Å². The van der Waals surface area contributed by atoms with Crippen LogP contribution in [0.2, 0.25) is 0 Å². The summed E-state index contributed by atoms with van der Waals surface area (Å²) in [7, 11) is 1.65. The lowest BCUT2D eigenvalue weighted by atomic mass is 10.0. The van der Waals surface area contributed by atoms with Gasteiger partial charge < -0.3 is 14.2 Å². The zero-order valence-electron chi connectivity index (χ0n) is 13.3. The summed E-state index contributed by atoms with van der Waals surface area (Å²) in [5.41, 5.74) is 1.98. The van der Waals surface area contributed by atoms with Crippen molar-refractivity contribution in [1.29, 1.82) is 0 Å². The molecule has 0 spiro atoms. The van der Waals surface area contributed by atoms with Crippen molar-refractivity contribution in [3.63, 3.8) is 0 Å². The van der Waals surface area contributed by atoms with Gasteiger partial charge in [-0.05, 0) is 32.0 Å². The second-order valence-electron chi connectivity index (χ2n) is 5.12. The van der Waals surface area contributed by atoms with Gasteiger partial charge in [0.1, 0.15) is 23.9 Å². The fraction of sp³-hybridized carbons (Fsp3) is 0.263. The summed E-state index contributed by atoms with van der Waals surface area (Å²) >= 11 is 0. The van der Waals surface area contributed by atoms with Crippen molar-refractivity contribution in [3.05, 3.63) is 55.1 Å². The number of para-hydroxylation sites is 1. The molecular weight excluding hydrogens is 276 g/mol. The zero-order valence-corrected chi connectivity index (χ0v) is 13.3. The van der Waals surface area contributed by atoms with E-state index in [4.69, 9.17) is 14.2 Å². The van der Waals surface area contributed by atoms with Crippen molar-refractivity contribution in [2.24, 2.45) is 0 Å². The maximum Gasteiger partial charge on any atom is 0.130 e. The molecule has 0 heterocycles. The average Bonchev–Trinajstić information content (AvgIpc) is 2.52. The Balaban J connectivity index is 2.41. The molecule has 0 saturated heterocycles. The molecular formula is C19H22O3. The van der Waals surface area contributed by atoms with Crippen molar-refractivity contribution in [2.75, 3.05) is 13.7 Å². The van der Waals surface area contributed by atoms with E-state index in [1.54, 1.807) is 13.2 Å². The van der Waals surface area contributed by atoms with E-state index in [1.165, 1.54) is 0 Å². The lowest BCUT2D eigenvalue weighted by Crippen LogP contribution is -2.06. The Hall–Kier alpha value is -2.42. The molecule has 0 aliphatic heterocycles. The molecule has 0 bridgehead atoms. The molecule has 0 aliphatic rings. The molecule has 0 amide bonds. The number of hydrogen-bond acceptors (Lipinski definition) is 3. The van der Waals surface area contributed by atoms with Crippen molar-refractivity contribution >= 4 is 0 Å². The first-order valence-electron chi connectivity index (χ1n) is 7.33. The van der Waals surface area contributed by atoms with Gasteiger partial charge in [-0.15, -0.1) is 0 Å². The van der Waals surface area contributed by atoms with Gasteiger partial charge in [0.05, 0.1) is 13.2 Å². The van der Waals surface area contributed by atoms with E-state index in [0.717, 1.165) is 28.4 Å². The lowest BCUT2D eigenvalue weighted by molar-refractivity contribution is 0.243. The van der Waals surface area contributed by atoms with E-state index in [9.17, 15) is 0 Å². The summed E-state index contributed by atoms with van der Waals surface area (Å²) in [6, 6.07) is 13.7. The molecule has 2 aromatic rings. The van der Waals surface area contributed by atoms with E-state index in [1.807, 2.05) is 56.3 Å². The molecule has 0 radical (unpaired) electrons. The van der Waals surface area contributed by atoms with Crippen LogP contribution in [0, 0.1) is 0 Å². The van der Waals surface area contributed by atoms with Gasteiger partial charge in [-0.25, -0.2) is 0 Å². The molecule has 116 valence electrons. The Morgan fingerprint density at radius 2 is 1.77 bits per heavy atom. The number of benzene rings is 2. The largest absolute Gasteiger partial charge is 0.496 e. The van der Waals surface area contributed by atoms with Crippen molar-refractivity contribution in [1.82, 2.24) is 0 Å². The van der Waals surface area contributed by atoms with Crippen LogP contribution in [0.25, 0.3) is 11.1 Å². The maximum absolute atomic E-state index is 5.89. The summed E-state index contributed by atoms with van der Waals surface area (Å²) in [4.78, 5) is 0. The molecule has 2 aromatic carbocycles. The Morgan fingerprint density at radius 1 is 1.05 bits per heavy atom. The van der Waals surface area contributed by atoms with Gasteiger partial charge in [0, 0.05) is 17.2 Å². The van der Waals surface area contributed by atoms with Gasteiger partial charge in [0.15, 0.2) is 0 Å². The van der Waals surface area contributed by atoms with Crippen LogP contribution in [0.5, 0.6) is 17.2 Å². The van der Waals surface area contributed by atoms with Crippen molar-refractivity contribution in [2.45, 2.75) is 20.0 Å². The van der Waals surface area contributed by atoms with Gasteiger partial charge in [-0.2, -0.15) is 0 Å². The maximum atomic E-state index is 5.89. The Kier molecular flexibility index (Phi) is 5.48. The van der Waals surface area contributed by atoms with Crippen LogP contribution < -0.4 is 14.2 Å². The summed E-state index contributed by atoms with van der Waals surface area (Å²) in [5.74, 6) is 2.35. The fourth-order valence-corrected chi connectivity index (χ4v) is 2.18. The molecule has 2 rings (SSSR count). The van der Waals surface area contributed by atoms with E-state index >= 15 is 0 Å². The quantitative estimate of drug-likeness (QED) is 0.693. The van der Waals surface area contributed by atoms with Crippen LogP contribution in [-0.4, -0.2) is 19.8 Å². The Bertz CT molecular complexity index is 632. The van der Waals surface area contributed by atoms with Crippen LogP contribution in [0.15, 0.2) is 55.1 Å². The van der Waals surface area contributed by atoms with E-state index in [2.05, 4.69) is 6.58 Å². The van der Waals surface area contributed by atoms with Gasteiger partial charge in [0.2, 0.25) is 0 Å². The number of hydrogen-bond donors (Lipinski definition) is 0. The SMILES string of the molecule is C=CCOc1ccc(-c2ccccc2OC(C)C)c(OC)c1. The first-order chi connectivity index (χ1) is 10.7. The van der Waals surface area contributed by atoms with Crippen LogP contribution >= 0.6 is 0 Å². The van der Waals surface area contributed by atoms with E-state index < -0.39 is 0 Å². The zero-order chi connectivity index (χ0) is 15.9. The third kappa shape index (κ3) is 3.82. The minimum Gasteiger partial charge on any atom is -0.496 e. The third-order valence-electron chi connectivity index (χ3n) is 3.08. The first kappa shape index (κ1) is 16.0. The molecule has 3 heteroatoms. The first-order valence-corrected chi connectivity index (χ1v) is 7.33. The third-order valence-corrected chi connectivity index (χ3v) is 3.08. The summed E-state index contributed by atoms with van der Waals surface area (Å²) in [5, 5.41) is 0. The predicted molar refractivity (Wildman–Crippen MR) is 89.9 cm³/mol. The van der Waals surface area contributed by atoms with Crippen LogP contribution in [0.4, 0.5) is 0 Å². The highest BCUT2D eigenvalue weighted by Gasteiger charge is 2.13. The highest BCUT2D eigenvalue weighted by molar-refractivity contribution is 5.76. The molecule has 3 nitrogen and oxygen atoms in total. The van der Waals surface area contributed by atoms with Gasteiger partial charge in [-0.3, -0.25) is 0 Å². The van der Waals surface area contributed by atoms with Gasteiger partial charge in [-0.1, -0.05) is 30.9 Å². The van der Waals surface area contributed by atoms with E-state index in [-0.39, 0.29) is 6.10 Å². The van der Waals surface area contributed by atoms with Crippen molar-refractivity contribution < 1.29 is 14.2 Å². The second kappa shape index (κ2) is 7.55. The normalized spacial score (nSPS) is 10.4. The standard InChI is InChI=1S/C19H22O3/c1-5-12-21-15-10-11-17(19(13-15)20-4)16-8-6-7-9-18(16)22-14(2)3/h5-11,13-14H,1,12H2,2-4H3. The van der Waals surface area contributed by atoms with E-state index in [0.29, 0.717) is 6.61 Å². The Morgan fingerprint density at radius 3 is 2.45 bits per heavy atom. The molecule has 0 aromatic heterocycles. The second-order valence-corrected chi connectivity index (χ2v) is 5.12. The summed E-state index contributed by atoms with van der Waals surface area (Å²) < 4.78 is 17.0. The monoisotopic (exact) mass is 298 g/mol. The van der Waals surface area contributed by atoms with Gasteiger partial charge in [0.25, 0.3) is 0 Å². The Labute approximate surface area is 132 Å². The highest BCUT2D eigenvalue weighted by atomic mass is 16.5. The molecule has 0 N–H and O–H groups in total. The minimum atomic E-state index is 0.113. The lowest BCUT2D eigenvalue weighted by Gasteiger charge is -2.16. The number of methoxy groups -OCH3 is 1. The molecule has 22 heavy (non-hydrogen) atoms. The van der Waals surface area contributed by atoms with Crippen molar-refractivity contribution in [3.8, 4) is 28.4 Å². The van der Waals surface area contributed by atoms with Gasteiger partial charge >= 0.3 is 0 Å². The number of rotatable bonds is 7. The summed E-state index contributed by atoms with van der Waals surface area (Å²) in [6.45, 7) is 8.15. The number of ether oxygens (including phenoxy) is 3. The molecule has 0 aliphatic carbocycles. The molecule has 0 unspecified atom stereocenters.